The lowest BCUT2D eigenvalue weighted by Gasteiger charge is -2.30. The molecule has 1 amide bonds. The highest BCUT2D eigenvalue weighted by Crippen LogP contribution is 2.40. The van der Waals surface area contributed by atoms with Crippen molar-refractivity contribution in [3.8, 4) is 0 Å². The summed E-state index contributed by atoms with van der Waals surface area (Å²) in [5.74, 6) is -3.17. The summed E-state index contributed by atoms with van der Waals surface area (Å²) in [6, 6.07) is 0. The predicted octanol–water partition coefficient (Wildman–Crippen LogP) is 1.80. The van der Waals surface area contributed by atoms with E-state index in [-0.39, 0.29) is 23.8 Å². The maximum atomic E-state index is 11.7. The molecule has 1 aliphatic heterocycles. The average Bonchev–Trinajstić information content (AvgIpc) is 2.74. The van der Waals surface area contributed by atoms with Crippen LogP contribution < -0.4 is 5.32 Å². The van der Waals surface area contributed by atoms with Gasteiger partial charge in [-0.3, -0.25) is 4.79 Å². The molecule has 1 aliphatic rings. The van der Waals surface area contributed by atoms with Crippen LogP contribution in [0.15, 0.2) is 0 Å². The van der Waals surface area contributed by atoms with Gasteiger partial charge in [0.05, 0.1) is 24.4 Å². The Morgan fingerprint density at radius 2 is 2.09 bits per heavy atom. The van der Waals surface area contributed by atoms with Crippen LogP contribution in [0.1, 0.15) is 41.6 Å². The van der Waals surface area contributed by atoms with E-state index in [1.165, 1.54) is 0 Å². The van der Waals surface area contributed by atoms with Gasteiger partial charge in [0.25, 0.3) is 0 Å². The SMILES string of the molecule is CCOC(=O)C(=O)Nc1sc2c(c1C(=O)O)CC(C)(C)OC2. The zero-order chi connectivity index (χ0) is 16.5. The molecular formula is C14H17NO6S. The van der Waals surface area contributed by atoms with Crippen LogP contribution >= 0.6 is 11.3 Å². The predicted molar refractivity (Wildman–Crippen MR) is 79.1 cm³/mol. The molecule has 0 fully saturated rings. The molecule has 0 saturated heterocycles. The van der Waals surface area contributed by atoms with Crippen LogP contribution in [0.25, 0.3) is 0 Å². The molecular weight excluding hydrogens is 310 g/mol. The highest BCUT2D eigenvalue weighted by Gasteiger charge is 2.34. The minimum Gasteiger partial charge on any atom is -0.478 e. The van der Waals surface area contributed by atoms with Gasteiger partial charge >= 0.3 is 17.8 Å². The Kier molecular flexibility index (Phi) is 4.52. The third-order valence-electron chi connectivity index (χ3n) is 3.19. The maximum absolute atomic E-state index is 11.7. The van der Waals surface area contributed by atoms with Gasteiger partial charge in [-0.2, -0.15) is 0 Å². The second kappa shape index (κ2) is 6.05. The van der Waals surface area contributed by atoms with Gasteiger partial charge in [-0.1, -0.05) is 0 Å². The van der Waals surface area contributed by atoms with Crippen molar-refractivity contribution in [2.24, 2.45) is 0 Å². The molecule has 0 atom stereocenters. The molecule has 8 heteroatoms. The molecule has 0 saturated carbocycles. The Hall–Kier alpha value is -1.93. The summed E-state index contributed by atoms with van der Waals surface area (Å²) in [7, 11) is 0. The molecule has 1 aromatic heterocycles. The van der Waals surface area contributed by atoms with Crippen LogP contribution in [0.4, 0.5) is 5.00 Å². The fourth-order valence-corrected chi connectivity index (χ4v) is 3.34. The maximum Gasteiger partial charge on any atom is 0.397 e. The smallest absolute Gasteiger partial charge is 0.397 e. The first kappa shape index (κ1) is 16.4. The zero-order valence-corrected chi connectivity index (χ0v) is 13.3. The number of aromatic carboxylic acids is 1. The number of anilines is 1. The number of esters is 1. The van der Waals surface area contributed by atoms with Gasteiger partial charge in [0, 0.05) is 11.3 Å². The highest BCUT2D eigenvalue weighted by atomic mass is 32.1. The van der Waals surface area contributed by atoms with E-state index in [9.17, 15) is 19.5 Å². The Labute approximate surface area is 131 Å². The fraction of sp³-hybridized carbons (Fsp3) is 0.500. The molecule has 0 bridgehead atoms. The lowest BCUT2D eigenvalue weighted by atomic mass is 9.93. The Morgan fingerprint density at radius 1 is 1.41 bits per heavy atom. The number of carbonyl (C=O) groups excluding carboxylic acids is 2. The van der Waals surface area contributed by atoms with Gasteiger partial charge in [-0.15, -0.1) is 11.3 Å². The van der Waals surface area contributed by atoms with Crippen LogP contribution in [0, 0.1) is 0 Å². The van der Waals surface area contributed by atoms with Crippen LogP contribution in [0.2, 0.25) is 0 Å². The van der Waals surface area contributed by atoms with Crippen molar-refractivity contribution in [1.82, 2.24) is 0 Å². The third kappa shape index (κ3) is 3.28. The number of hydrogen-bond acceptors (Lipinski definition) is 6. The van der Waals surface area contributed by atoms with E-state index in [1.54, 1.807) is 6.92 Å². The molecule has 1 aromatic rings. The van der Waals surface area contributed by atoms with E-state index in [0.29, 0.717) is 12.0 Å². The molecule has 0 unspecified atom stereocenters. The molecule has 7 nitrogen and oxygen atoms in total. The topological polar surface area (TPSA) is 102 Å². The summed E-state index contributed by atoms with van der Waals surface area (Å²) < 4.78 is 10.2. The largest absolute Gasteiger partial charge is 0.478 e. The van der Waals surface area contributed by atoms with Crippen molar-refractivity contribution in [1.29, 1.82) is 0 Å². The summed E-state index contributed by atoms with van der Waals surface area (Å²) in [5.41, 5.74) is 0.197. The summed E-state index contributed by atoms with van der Waals surface area (Å²) in [6.45, 7) is 5.67. The van der Waals surface area contributed by atoms with E-state index < -0.39 is 23.4 Å². The minimum atomic E-state index is -1.14. The number of hydrogen-bond donors (Lipinski definition) is 2. The molecule has 22 heavy (non-hydrogen) atoms. The van der Waals surface area contributed by atoms with Crippen molar-refractivity contribution in [2.75, 3.05) is 11.9 Å². The molecule has 2 rings (SSSR count). The van der Waals surface area contributed by atoms with Crippen LogP contribution in [-0.4, -0.2) is 35.2 Å². The highest BCUT2D eigenvalue weighted by molar-refractivity contribution is 7.17. The summed E-state index contributed by atoms with van der Waals surface area (Å²) in [5, 5.41) is 11.9. The Morgan fingerprint density at radius 3 is 2.68 bits per heavy atom. The molecule has 0 spiro atoms. The van der Waals surface area contributed by atoms with Gasteiger partial charge in [-0.05, 0) is 26.3 Å². The quantitative estimate of drug-likeness (QED) is 0.648. The van der Waals surface area contributed by atoms with Crippen molar-refractivity contribution in [3.05, 3.63) is 16.0 Å². The molecule has 120 valence electrons. The van der Waals surface area contributed by atoms with Crippen LogP contribution in [-0.2, 0) is 32.1 Å². The zero-order valence-electron chi connectivity index (χ0n) is 12.5. The van der Waals surface area contributed by atoms with Crippen molar-refractivity contribution in [3.63, 3.8) is 0 Å². The number of ether oxygens (including phenoxy) is 2. The van der Waals surface area contributed by atoms with Crippen LogP contribution in [0.3, 0.4) is 0 Å². The van der Waals surface area contributed by atoms with E-state index in [0.717, 1.165) is 16.2 Å². The fourth-order valence-electron chi connectivity index (χ4n) is 2.22. The Balaban J connectivity index is 2.33. The lowest BCUT2D eigenvalue weighted by molar-refractivity contribution is -0.152. The number of nitrogens with one attached hydrogen (secondary N) is 1. The average molecular weight is 327 g/mol. The first-order chi connectivity index (χ1) is 10.2. The van der Waals surface area contributed by atoms with Crippen LogP contribution in [0.5, 0.6) is 0 Å². The normalized spacial score (nSPS) is 15.8. The van der Waals surface area contributed by atoms with Gasteiger partial charge in [0.2, 0.25) is 0 Å². The van der Waals surface area contributed by atoms with Gasteiger partial charge in [0.15, 0.2) is 0 Å². The molecule has 0 radical (unpaired) electrons. The summed E-state index contributed by atoms with van der Waals surface area (Å²) >= 11 is 1.11. The first-order valence-electron chi connectivity index (χ1n) is 6.75. The standard InChI is InChI=1S/C14H17NO6S/c1-4-20-13(19)10(16)15-11-9(12(17)18)7-5-14(2,3)21-6-8(7)22-11/h4-6H2,1-3H3,(H,15,16)(H,17,18). The van der Waals surface area contributed by atoms with Gasteiger partial charge in [0.1, 0.15) is 5.00 Å². The van der Waals surface area contributed by atoms with Gasteiger partial charge < -0.3 is 19.9 Å². The van der Waals surface area contributed by atoms with Crippen molar-refractivity contribution in [2.45, 2.75) is 39.4 Å². The summed E-state index contributed by atoms with van der Waals surface area (Å²) in [4.78, 5) is 35.4. The number of carbonyl (C=O) groups is 3. The second-order valence-corrected chi connectivity index (χ2v) is 6.52. The monoisotopic (exact) mass is 327 g/mol. The third-order valence-corrected chi connectivity index (χ3v) is 4.31. The number of thiophene rings is 1. The van der Waals surface area contributed by atoms with E-state index >= 15 is 0 Å². The molecule has 0 aliphatic carbocycles. The minimum absolute atomic E-state index is 0.0222. The molecule has 2 N–H and O–H groups in total. The lowest BCUT2D eigenvalue weighted by Crippen LogP contribution is -2.32. The second-order valence-electron chi connectivity index (χ2n) is 5.41. The number of fused-ring (bicyclic) bond motifs is 1. The summed E-state index contributed by atoms with van der Waals surface area (Å²) in [6.07, 6.45) is 0.426. The van der Waals surface area contributed by atoms with E-state index in [2.05, 4.69) is 10.1 Å². The molecule has 2 heterocycles. The number of rotatable bonds is 3. The van der Waals surface area contributed by atoms with Crippen molar-refractivity contribution >= 4 is 34.2 Å². The van der Waals surface area contributed by atoms with E-state index in [1.807, 2.05) is 13.8 Å². The first-order valence-corrected chi connectivity index (χ1v) is 7.56. The van der Waals surface area contributed by atoms with Gasteiger partial charge in [-0.25, -0.2) is 9.59 Å². The van der Waals surface area contributed by atoms with Crippen molar-refractivity contribution < 1.29 is 29.0 Å². The van der Waals surface area contributed by atoms with E-state index in [4.69, 9.17) is 4.74 Å². The molecule has 0 aromatic carbocycles. The number of amides is 1. The number of carboxylic acids is 1. The number of carboxylic acid groups (broad SMARTS) is 1. The Bertz CT molecular complexity index is 634.